The van der Waals surface area contributed by atoms with E-state index in [1.165, 1.54) is 5.56 Å². The SMILES string of the molecule is O=C(O)c1ccc2cn(CCc3ccccc3)nc2c1. The van der Waals surface area contributed by atoms with Crippen molar-refractivity contribution in [3.63, 3.8) is 0 Å². The van der Waals surface area contributed by atoms with Crippen LogP contribution in [0.5, 0.6) is 0 Å². The zero-order chi connectivity index (χ0) is 13.9. The van der Waals surface area contributed by atoms with Crippen LogP contribution in [0.1, 0.15) is 15.9 Å². The van der Waals surface area contributed by atoms with Crippen molar-refractivity contribution in [2.45, 2.75) is 13.0 Å². The van der Waals surface area contributed by atoms with Gasteiger partial charge < -0.3 is 5.11 Å². The molecule has 0 aliphatic rings. The summed E-state index contributed by atoms with van der Waals surface area (Å²) in [6.45, 7) is 0.779. The molecule has 0 atom stereocenters. The molecule has 1 N–H and O–H groups in total. The molecule has 0 amide bonds. The minimum Gasteiger partial charge on any atom is -0.478 e. The Morgan fingerprint density at radius 2 is 1.95 bits per heavy atom. The van der Waals surface area contributed by atoms with Gasteiger partial charge in [-0.2, -0.15) is 5.10 Å². The number of rotatable bonds is 4. The molecule has 0 saturated heterocycles. The first-order chi connectivity index (χ1) is 9.72. The van der Waals surface area contributed by atoms with Crippen molar-refractivity contribution in [2.75, 3.05) is 0 Å². The summed E-state index contributed by atoms with van der Waals surface area (Å²) in [5.41, 5.74) is 2.25. The van der Waals surface area contributed by atoms with E-state index in [-0.39, 0.29) is 5.56 Å². The Hall–Kier alpha value is -2.62. The second-order valence-electron chi connectivity index (χ2n) is 4.71. The van der Waals surface area contributed by atoms with Crippen molar-refractivity contribution in [3.8, 4) is 0 Å². The van der Waals surface area contributed by atoms with E-state index in [0.717, 1.165) is 23.9 Å². The van der Waals surface area contributed by atoms with Gasteiger partial charge >= 0.3 is 5.97 Å². The van der Waals surface area contributed by atoms with E-state index in [1.54, 1.807) is 18.2 Å². The van der Waals surface area contributed by atoms with Crippen LogP contribution in [0.4, 0.5) is 0 Å². The number of aromatic nitrogens is 2. The van der Waals surface area contributed by atoms with E-state index in [2.05, 4.69) is 17.2 Å². The minimum atomic E-state index is -0.925. The molecular weight excluding hydrogens is 252 g/mol. The van der Waals surface area contributed by atoms with Crippen LogP contribution in [0.2, 0.25) is 0 Å². The fraction of sp³-hybridized carbons (Fsp3) is 0.125. The molecule has 0 bridgehead atoms. The highest BCUT2D eigenvalue weighted by atomic mass is 16.4. The highest BCUT2D eigenvalue weighted by Crippen LogP contribution is 2.15. The minimum absolute atomic E-state index is 0.269. The predicted octanol–water partition coefficient (Wildman–Crippen LogP) is 2.98. The van der Waals surface area contributed by atoms with Crippen molar-refractivity contribution < 1.29 is 9.90 Å². The summed E-state index contributed by atoms with van der Waals surface area (Å²) >= 11 is 0. The molecule has 100 valence electrons. The summed E-state index contributed by atoms with van der Waals surface area (Å²) in [4.78, 5) is 10.9. The van der Waals surface area contributed by atoms with Gasteiger partial charge in [-0.1, -0.05) is 36.4 Å². The highest BCUT2D eigenvalue weighted by molar-refractivity contribution is 5.92. The molecule has 0 aliphatic heterocycles. The smallest absolute Gasteiger partial charge is 0.335 e. The summed E-state index contributed by atoms with van der Waals surface area (Å²) in [5, 5.41) is 14.4. The summed E-state index contributed by atoms with van der Waals surface area (Å²) in [6, 6.07) is 15.2. The molecule has 0 fully saturated rings. The molecule has 20 heavy (non-hydrogen) atoms. The number of hydrogen-bond donors (Lipinski definition) is 1. The van der Waals surface area contributed by atoms with E-state index in [4.69, 9.17) is 5.11 Å². The van der Waals surface area contributed by atoms with Crippen LogP contribution in [-0.2, 0) is 13.0 Å². The summed E-state index contributed by atoms with van der Waals surface area (Å²) in [5.74, 6) is -0.925. The lowest BCUT2D eigenvalue weighted by Gasteiger charge is -2.01. The van der Waals surface area contributed by atoms with Gasteiger partial charge in [-0.05, 0) is 24.1 Å². The quantitative estimate of drug-likeness (QED) is 0.789. The van der Waals surface area contributed by atoms with Gasteiger partial charge in [0.1, 0.15) is 0 Å². The van der Waals surface area contributed by atoms with E-state index in [0.29, 0.717) is 0 Å². The fourth-order valence-electron chi connectivity index (χ4n) is 2.20. The van der Waals surface area contributed by atoms with Gasteiger partial charge in [-0.15, -0.1) is 0 Å². The Balaban J connectivity index is 1.80. The molecule has 1 heterocycles. The maximum absolute atomic E-state index is 10.9. The van der Waals surface area contributed by atoms with E-state index >= 15 is 0 Å². The number of carbonyl (C=O) groups is 1. The van der Waals surface area contributed by atoms with Crippen LogP contribution in [-0.4, -0.2) is 20.9 Å². The fourth-order valence-corrected chi connectivity index (χ4v) is 2.20. The van der Waals surface area contributed by atoms with Crippen LogP contribution >= 0.6 is 0 Å². The van der Waals surface area contributed by atoms with Gasteiger partial charge in [0.05, 0.1) is 11.1 Å². The normalized spacial score (nSPS) is 10.8. The summed E-state index contributed by atoms with van der Waals surface area (Å²) < 4.78 is 1.86. The van der Waals surface area contributed by atoms with Crippen molar-refractivity contribution in [2.24, 2.45) is 0 Å². The van der Waals surface area contributed by atoms with Crippen molar-refractivity contribution in [3.05, 3.63) is 65.9 Å². The van der Waals surface area contributed by atoms with Crippen molar-refractivity contribution in [1.82, 2.24) is 9.78 Å². The first kappa shape index (κ1) is 12.4. The Kier molecular flexibility index (Phi) is 3.21. The number of carboxylic acid groups (broad SMARTS) is 1. The lowest BCUT2D eigenvalue weighted by Crippen LogP contribution is -2.01. The molecule has 2 aromatic carbocycles. The second kappa shape index (κ2) is 5.17. The molecular formula is C16H14N2O2. The number of hydrogen-bond acceptors (Lipinski definition) is 2. The van der Waals surface area contributed by atoms with Crippen LogP contribution < -0.4 is 0 Å². The molecule has 1 aromatic heterocycles. The highest BCUT2D eigenvalue weighted by Gasteiger charge is 2.06. The predicted molar refractivity (Wildman–Crippen MR) is 76.8 cm³/mol. The Morgan fingerprint density at radius 1 is 1.15 bits per heavy atom. The lowest BCUT2D eigenvalue weighted by atomic mass is 10.1. The van der Waals surface area contributed by atoms with E-state index < -0.39 is 5.97 Å². The topological polar surface area (TPSA) is 55.1 Å². The number of aromatic carboxylic acids is 1. The molecule has 0 aliphatic carbocycles. The third-order valence-corrected chi connectivity index (χ3v) is 3.27. The zero-order valence-corrected chi connectivity index (χ0v) is 10.9. The Labute approximate surface area is 116 Å². The maximum Gasteiger partial charge on any atom is 0.335 e. The second-order valence-corrected chi connectivity index (χ2v) is 4.71. The molecule has 0 unspecified atom stereocenters. The van der Waals surface area contributed by atoms with Crippen LogP contribution in [0.25, 0.3) is 10.9 Å². The van der Waals surface area contributed by atoms with Gasteiger partial charge in [0.15, 0.2) is 0 Å². The summed E-state index contributed by atoms with van der Waals surface area (Å²) in [7, 11) is 0. The van der Waals surface area contributed by atoms with Crippen LogP contribution in [0.3, 0.4) is 0 Å². The maximum atomic E-state index is 10.9. The first-order valence-corrected chi connectivity index (χ1v) is 6.47. The molecule has 4 nitrogen and oxygen atoms in total. The van der Waals surface area contributed by atoms with Crippen LogP contribution in [0.15, 0.2) is 54.7 Å². The van der Waals surface area contributed by atoms with Gasteiger partial charge in [0.2, 0.25) is 0 Å². The molecule has 0 saturated carbocycles. The number of fused-ring (bicyclic) bond motifs is 1. The number of carboxylic acids is 1. The Morgan fingerprint density at radius 3 is 2.70 bits per heavy atom. The van der Waals surface area contributed by atoms with Gasteiger partial charge in [0, 0.05) is 18.1 Å². The number of aryl methyl sites for hydroxylation is 2. The average Bonchev–Trinajstić information content (AvgIpc) is 2.88. The molecule has 0 radical (unpaired) electrons. The van der Waals surface area contributed by atoms with E-state index in [9.17, 15) is 4.79 Å². The van der Waals surface area contributed by atoms with E-state index in [1.807, 2.05) is 29.1 Å². The van der Waals surface area contributed by atoms with Gasteiger partial charge in [-0.25, -0.2) is 4.79 Å². The molecule has 3 aromatic rings. The monoisotopic (exact) mass is 266 g/mol. The summed E-state index contributed by atoms with van der Waals surface area (Å²) in [6.07, 6.45) is 2.85. The zero-order valence-electron chi connectivity index (χ0n) is 10.9. The van der Waals surface area contributed by atoms with Crippen molar-refractivity contribution >= 4 is 16.9 Å². The number of nitrogens with zero attached hydrogens (tertiary/aromatic N) is 2. The Bertz CT molecular complexity index is 748. The largest absolute Gasteiger partial charge is 0.478 e. The van der Waals surface area contributed by atoms with Gasteiger partial charge in [-0.3, -0.25) is 4.68 Å². The third kappa shape index (κ3) is 2.54. The van der Waals surface area contributed by atoms with Crippen LogP contribution in [0, 0.1) is 0 Å². The third-order valence-electron chi connectivity index (χ3n) is 3.27. The molecule has 3 rings (SSSR count). The number of benzene rings is 2. The standard InChI is InChI=1S/C16H14N2O2/c19-16(20)13-6-7-14-11-18(17-15(14)10-13)9-8-12-4-2-1-3-5-12/h1-7,10-11H,8-9H2,(H,19,20). The van der Waals surface area contributed by atoms with Gasteiger partial charge in [0.25, 0.3) is 0 Å². The first-order valence-electron chi connectivity index (χ1n) is 6.47. The van der Waals surface area contributed by atoms with Crippen molar-refractivity contribution in [1.29, 1.82) is 0 Å². The average molecular weight is 266 g/mol. The lowest BCUT2D eigenvalue weighted by molar-refractivity contribution is 0.0697. The molecule has 0 spiro atoms. The molecule has 4 heteroatoms.